The smallest absolute Gasteiger partial charge is 0.248 e. The Morgan fingerprint density at radius 2 is 1.95 bits per heavy atom. The van der Waals surface area contributed by atoms with Crippen LogP contribution in [0.15, 0.2) is 24.3 Å². The van der Waals surface area contributed by atoms with Gasteiger partial charge in [0.2, 0.25) is 5.91 Å². The summed E-state index contributed by atoms with van der Waals surface area (Å²) >= 11 is 0. The Hall–Kier alpha value is -2.30. The molecule has 0 saturated carbocycles. The predicted octanol–water partition coefficient (Wildman–Crippen LogP) is 2.79. The second-order valence-electron chi connectivity index (χ2n) is 5.21. The highest BCUT2D eigenvalue weighted by atomic mass is 16.1. The minimum absolute atomic E-state index is 0.143. The molecule has 5 heteroatoms. The Morgan fingerprint density at radius 3 is 2.43 bits per heavy atom. The van der Waals surface area contributed by atoms with E-state index in [1.54, 1.807) is 12.1 Å². The molecule has 3 N–H and O–H groups in total. The van der Waals surface area contributed by atoms with Crippen LogP contribution in [0.2, 0.25) is 0 Å². The van der Waals surface area contributed by atoms with Crippen LogP contribution in [0.1, 0.15) is 47.2 Å². The van der Waals surface area contributed by atoms with Gasteiger partial charge in [-0.05, 0) is 52.0 Å². The first-order valence-electron chi connectivity index (χ1n) is 7.14. The zero-order chi connectivity index (χ0) is 15.6. The van der Waals surface area contributed by atoms with Gasteiger partial charge in [0, 0.05) is 29.1 Å². The van der Waals surface area contributed by atoms with E-state index in [-0.39, 0.29) is 6.04 Å². The van der Waals surface area contributed by atoms with Crippen molar-refractivity contribution in [3.05, 3.63) is 46.8 Å². The van der Waals surface area contributed by atoms with Gasteiger partial charge in [-0.3, -0.25) is 9.48 Å². The Balaban J connectivity index is 2.19. The molecule has 0 bridgehead atoms. The number of aromatic nitrogens is 2. The first-order chi connectivity index (χ1) is 9.93. The zero-order valence-electron chi connectivity index (χ0n) is 13.0. The number of primary amides is 1. The van der Waals surface area contributed by atoms with Crippen LogP contribution in [0.3, 0.4) is 0 Å². The summed E-state index contributed by atoms with van der Waals surface area (Å²) in [7, 11) is 0. The number of carbonyl (C=O) groups excluding carboxylic acids is 1. The van der Waals surface area contributed by atoms with E-state index in [9.17, 15) is 4.79 Å². The van der Waals surface area contributed by atoms with Gasteiger partial charge in [-0.25, -0.2) is 0 Å². The molecule has 0 radical (unpaired) electrons. The first-order valence-corrected chi connectivity index (χ1v) is 7.14. The molecule has 1 amide bonds. The van der Waals surface area contributed by atoms with Crippen molar-refractivity contribution in [2.24, 2.45) is 5.73 Å². The number of carbonyl (C=O) groups is 1. The van der Waals surface area contributed by atoms with Crippen molar-refractivity contribution in [3.63, 3.8) is 0 Å². The number of nitrogens with one attached hydrogen (secondary N) is 1. The highest BCUT2D eigenvalue weighted by Crippen LogP contribution is 2.25. The molecule has 5 nitrogen and oxygen atoms in total. The molecule has 1 unspecified atom stereocenters. The van der Waals surface area contributed by atoms with Gasteiger partial charge in [-0.1, -0.05) is 0 Å². The lowest BCUT2D eigenvalue weighted by Crippen LogP contribution is -2.12. The van der Waals surface area contributed by atoms with Crippen molar-refractivity contribution < 1.29 is 4.79 Å². The normalized spacial score (nSPS) is 12.2. The van der Waals surface area contributed by atoms with Gasteiger partial charge >= 0.3 is 0 Å². The van der Waals surface area contributed by atoms with E-state index in [0.29, 0.717) is 5.56 Å². The van der Waals surface area contributed by atoms with Gasteiger partial charge in [0.1, 0.15) is 0 Å². The summed E-state index contributed by atoms with van der Waals surface area (Å²) in [6.07, 6.45) is 0. The fourth-order valence-corrected chi connectivity index (χ4v) is 2.70. The second-order valence-corrected chi connectivity index (χ2v) is 5.21. The number of amides is 1. The van der Waals surface area contributed by atoms with Crippen LogP contribution in [-0.4, -0.2) is 15.7 Å². The Bertz CT molecular complexity index is 643. The molecule has 0 spiro atoms. The fraction of sp³-hybridized carbons (Fsp3) is 0.375. The summed E-state index contributed by atoms with van der Waals surface area (Å²) in [6.45, 7) is 9.19. The number of hydrogen-bond donors (Lipinski definition) is 2. The van der Waals surface area contributed by atoms with Crippen molar-refractivity contribution in [2.75, 3.05) is 5.32 Å². The lowest BCUT2D eigenvalue weighted by molar-refractivity contribution is 0.100. The predicted molar refractivity (Wildman–Crippen MR) is 84.4 cm³/mol. The number of benzene rings is 1. The molecule has 0 aliphatic carbocycles. The van der Waals surface area contributed by atoms with Crippen LogP contribution >= 0.6 is 0 Å². The van der Waals surface area contributed by atoms with Crippen LogP contribution in [0.4, 0.5) is 5.69 Å². The lowest BCUT2D eigenvalue weighted by Gasteiger charge is -2.16. The third-order valence-electron chi connectivity index (χ3n) is 3.72. The number of nitrogens with zero attached hydrogens (tertiary/aromatic N) is 2. The molecular weight excluding hydrogens is 264 g/mol. The average molecular weight is 286 g/mol. The van der Waals surface area contributed by atoms with E-state index in [1.165, 1.54) is 11.3 Å². The maximum absolute atomic E-state index is 11.1. The van der Waals surface area contributed by atoms with Gasteiger partial charge in [-0.15, -0.1) is 0 Å². The molecule has 2 aromatic rings. The summed E-state index contributed by atoms with van der Waals surface area (Å²) in [6, 6.07) is 7.33. The highest BCUT2D eigenvalue weighted by molar-refractivity contribution is 5.93. The summed E-state index contributed by atoms with van der Waals surface area (Å²) in [5, 5.41) is 7.98. The van der Waals surface area contributed by atoms with Gasteiger partial charge < -0.3 is 11.1 Å². The Kier molecular flexibility index (Phi) is 4.31. The van der Waals surface area contributed by atoms with Gasteiger partial charge in [0.05, 0.1) is 11.7 Å². The number of hydrogen-bond acceptors (Lipinski definition) is 3. The third kappa shape index (κ3) is 3.07. The second kappa shape index (κ2) is 5.99. The molecule has 0 fully saturated rings. The maximum Gasteiger partial charge on any atom is 0.248 e. The average Bonchev–Trinajstić information content (AvgIpc) is 2.73. The van der Waals surface area contributed by atoms with Crippen LogP contribution in [0.5, 0.6) is 0 Å². The van der Waals surface area contributed by atoms with Crippen LogP contribution in [0.25, 0.3) is 0 Å². The summed E-state index contributed by atoms with van der Waals surface area (Å²) in [4.78, 5) is 11.1. The van der Waals surface area contributed by atoms with Gasteiger partial charge in [0.15, 0.2) is 0 Å². The minimum Gasteiger partial charge on any atom is -0.378 e. The van der Waals surface area contributed by atoms with Crippen molar-refractivity contribution in [1.82, 2.24) is 9.78 Å². The number of nitrogens with two attached hydrogens (primary N) is 1. The molecule has 0 aliphatic heterocycles. The maximum atomic E-state index is 11.1. The topological polar surface area (TPSA) is 72.9 Å². The van der Waals surface area contributed by atoms with E-state index in [4.69, 9.17) is 5.73 Å². The number of anilines is 1. The Labute approximate surface area is 125 Å². The number of aryl methyl sites for hydroxylation is 2. The summed E-state index contributed by atoms with van der Waals surface area (Å²) in [5.41, 5.74) is 10.2. The largest absolute Gasteiger partial charge is 0.378 e. The molecular formula is C16H22N4O. The quantitative estimate of drug-likeness (QED) is 0.887. The molecule has 112 valence electrons. The van der Waals surface area contributed by atoms with Crippen molar-refractivity contribution in [2.45, 2.75) is 40.3 Å². The van der Waals surface area contributed by atoms with E-state index in [2.05, 4.69) is 31.2 Å². The van der Waals surface area contributed by atoms with E-state index >= 15 is 0 Å². The molecule has 2 rings (SSSR count). The molecule has 21 heavy (non-hydrogen) atoms. The number of rotatable bonds is 5. The standard InChI is InChI=1S/C16H22N4O/c1-5-20-12(4)15(11(3)19-20)10(2)18-14-8-6-13(7-9-14)16(17)21/h6-10,18H,5H2,1-4H3,(H2,17,21). The van der Waals surface area contributed by atoms with E-state index < -0.39 is 5.91 Å². The molecule has 0 aliphatic rings. The molecule has 0 saturated heterocycles. The summed E-state index contributed by atoms with van der Waals surface area (Å²) in [5.74, 6) is -0.412. The molecule has 1 aromatic heterocycles. The van der Waals surface area contributed by atoms with Gasteiger partial charge in [-0.2, -0.15) is 5.10 Å². The molecule has 1 aromatic carbocycles. The SMILES string of the molecule is CCn1nc(C)c(C(C)Nc2ccc(C(N)=O)cc2)c1C. The van der Waals surface area contributed by atoms with Crippen LogP contribution in [-0.2, 0) is 6.54 Å². The van der Waals surface area contributed by atoms with E-state index in [1.807, 2.05) is 23.7 Å². The van der Waals surface area contributed by atoms with E-state index in [0.717, 1.165) is 17.9 Å². The third-order valence-corrected chi connectivity index (χ3v) is 3.72. The first kappa shape index (κ1) is 15.1. The van der Waals surface area contributed by atoms with Crippen molar-refractivity contribution in [1.29, 1.82) is 0 Å². The van der Waals surface area contributed by atoms with Crippen LogP contribution in [0, 0.1) is 13.8 Å². The zero-order valence-corrected chi connectivity index (χ0v) is 13.0. The monoisotopic (exact) mass is 286 g/mol. The lowest BCUT2D eigenvalue weighted by atomic mass is 10.1. The minimum atomic E-state index is -0.412. The van der Waals surface area contributed by atoms with Crippen LogP contribution < -0.4 is 11.1 Å². The highest BCUT2D eigenvalue weighted by Gasteiger charge is 2.16. The Morgan fingerprint density at radius 1 is 1.33 bits per heavy atom. The fourth-order valence-electron chi connectivity index (χ4n) is 2.70. The molecule has 1 atom stereocenters. The summed E-state index contributed by atoms with van der Waals surface area (Å²) < 4.78 is 2.01. The molecule has 1 heterocycles. The van der Waals surface area contributed by atoms with Crippen molar-refractivity contribution >= 4 is 11.6 Å². The van der Waals surface area contributed by atoms with Crippen molar-refractivity contribution in [3.8, 4) is 0 Å². The van der Waals surface area contributed by atoms with Gasteiger partial charge in [0.25, 0.3) is 0 Å².